The minimum absolute atomic E-state index is 0.779. The molecule has 0 saturated heterocycles. The van der Waals surface area contributed by atoms with Crippen LogP contribution in [0.4, 0.5) is 0 Å². The molecule has 2 atom stereocenters. The van der Waals surface area contributed by atoms with Crippen LogP contribution in [0.25, 0.3) is 0 Å². The molecule has 2 aliphatic carbocycles. The van der Waals surface area contributed by atoms with E-state index in [0.717, 1.165) is 23.9 Å². The maximum atomic E-state index is 3.54. The molecule has 2 aliphatic rings. The maximum absolute atomic E-state index is 3.54. The molecule has 2 fully saturated rings. The van der Waals surface area contributed by atoms with Crippen LogP contribution < -0.4 is 5.32 Å². The summed E-state index contributed by atoms with van der Waals surface area (Å²) in [6.07, 6.45) is 10.1. The molecule has 2 heteroatoms. The Morgan fingerprint density at radius 2 is 1.78 bits per heavy atom. The van der Waals surface area contributed by atoms with E-state index in [9.17, 15) is 0 Å². The molecule has 1 N–H and O–H groups in total. The summed E-state index contributed by atoms with van der Waals surface area (Å²) in [6.45, 7) is 7.38. The number of nitrogens with one attached hydrogen (secondary N) is 1. The van der Waals surface area contributed by atoms with E-state index in [1.165, 1.54) is 58.0 Å². The highest BCUT2D eigenvalue weighted by Gasteiger charge is 2.31. The summed E-state index contributed by atoms with van der Waals surface area (Å²) < 4.78 is 0. The molecule has 2 saturated carbocycles. The largest absolute Gasteiger partial charge is 0.317 e. The van der Waals surface area contributed by atoms with Crippen LogP contribution in [0.2, 0.25) is 0 Å². The molecular formula is C16H32N2. The average molecular weight is 252 g/mol. The Morgan fingerprint density at radius 1 is 1.06 bits per heavy atom. The maximum Gasteiger partial charge on any atom is 0.0104 e. The van der Waals surface area contributed by atoms with E-state index >= 15 is 0 Å². The van der Waals surface area contributed by atoms with Gasteiger partial charge in [0.2, 0.25) is 0 Å². The van der Waals surface area contributed by atoms with E-state index in [1.807, 2.05) is 0 Å². The highest BCUT2D eigenvalue weighted by molar-refractivity contribution is 4.87. The summed E-state index contributed by atoms with van der Waals surface area (Å²) in [5.41, 5.74) is 0. The van der Waals surface area contributed by atoms with Crippen molar-refractivity contribution in [3.05, 3.63) is 0 Å². The van der Waals surface area contributed by atoms with Crippen molar-refractivity contribution in [3.8, 4) is 0 Å². The smallest absolute Gasteiger partial charge is 0.0104 e. The van der Waals surface area contributed by atoms with Crippen LogP contribution >= 0.6 is 0 Å². The van der Waals surface area contributed by atoms with E-state index in [-0.39, 0.29) is 0 Å². The van der Waals surface area contributed by atoms with Gasteiger partial charge in [0.15, 0.2) is 0 Å². The fourth-order valence-corrected chi connectivity index (χ4v) is 4.05. The molecule has 0 heterocycles. The predicted octanol–water partition coefficient (Wildman–Crippen LogP) is 3.28. The minimum Gasteiger partial charge on any atom is -0.317 e. The molecule has 0 radical (unpaired) electrons. The van der Waals surface area contributed by atoms with Crippen LogP contribution in [-0.4, -0.2) is 37.1 Å². The van der Waals surface area contributed by atoms with Gasteiger partial charge in [-0.25, -0.2) is 0 Å². The fourth-order valence-electron chi connectivity index (χ4n) is 4.05. The molecule has 0 amide bonds. The molecule has 2 nitrogen and oxygen atoms in total. The zero-order valence-corrected chi connectivity index (χ0v) is 12.6. The average Bonchev–Trinajstić information content (AvgIpc) is 2.98. The standard InChI is InChI=1S/C16H32N2/c1-13(2)11-18(15-8-4-5-9-15)12-14-7-6-10-16(14)17-3/h13-17H,4-12H2,1-3H3. The first kappa shape index (κ1) is 14.3. The zero-order chi connectivity index (χ0) is 13.0. The van der Waals surface area contributed by atoms with Gasteiger partial charge in [-0.3, -0.25) is 4.90 Å². The molecule has 18 heavy (non-hydrogen) atoms. The quantitative estimate of drug-likeness (QED) is 0.780. The first-order valence-corrected chi connectivity index (χ1v) is 8.12. The van der Waals surface area contributed by atoms with Gasteiger partial charge in [-0.05, 0) is 44.6 Å². The second-order valence-electron chi connectivity index (χ2n) is 6.87. The van der Waals surface area contributed by atoms with E-state index < -0.39 is 0 Å². The van der Waals surface area contributed by atoms with Gasteiger partial charge in [0.1, 0.15) is 0 Å². The van der Waals surface area contributed by atoms with Crippen LogP contribution in [0.5, 0.6) is 0 Å². The van der Waals surface area contributed by atoms with Gasteiger partial charge in [-0.2, -0.15) is 0 Å². The normalized spacial score (nSPS) is 29.8. The molecule has 0 bridgehead atoms. The number of rotatable bonds is 6. The zero-order valence-electron chi connectivity index (χ0n) is 12.6. The summed E-state index contributed by atoms with van der Waals surface area (Å²) in [5.74, 6) is 1.70. The Bertz CT molecular complexity index is 233. The van der Waals surface area contributed by atoms with Crippen LogP contribution in [0.3, 0.4) is 0 Å². The van der Waals surface area contributed by atoms with Crippen molar-refractivity contribution < 1.29 is 0 Å². The van der Waals surface area contributed by atoms with Gasteiger partial charge < -0.3 is 5.32 Å². The van der Waals surface area contributed by atoms with Gasteiger partial charge in [0, 0.05) is 25.2 Å². The van der Waals surface area contributed by atoms with Gasteiger partial charge >= 0.3 is 0 Å². The first-order chi connectivity index (χ1) is 8.70. The van der Waals surface area contributed by atoms with Gasteiger partial charge in [0.25, 0.3) is 0 Å². The third kappa shape index (κ3) is 3.71. The molecule has 2 unspecified atom stereocenters. The van der Waals surface area contributed by atoms with Gasteiger partial charge in [-0.1, -0.05) is 33.1 Å². The molecule has 0 aromatic rings. The topological polar surface area (TPSA) is 15.3 Å². The predicted molar refractivity (Wildman–Crippen MR) is 78.9 cm³/mol. The van der Waals surface area contributed by atoms with E-state index in [1.54, 1.807) is 0 Å². The van der Waals surface area contributed by atoms with Crippen molar-refractivity contribution in [2.45, 2.75) is 70.9 Å². The number of hydrogen-bond acceptors (Lipinski definition) is 2. The lowest BCUT2D eigenvalue weighted by molar-refractivity contribution is 0.142. The molecule has 0 aromatic carbocycles. The number of hydrogen-bond donors (Lipinski definition) is 1. The highest BCUT2D eigenvalue weighted by Crippen LogP contribution is 2.30. The molecule has 0 spiro atoms. The van der Waals surface area contributed by atoms with Crippen LogP contribution in [0.15, 0.2) is 0 Å². The molecule has 2 rings (SSSR count). The van der Waals surface area contributed by atoms with Crippen molar-refractivity contribution >= 4 is 0 Å². The third-order valence-corrected chi connectivity index (χ3v) is 4.94. The second-order valence-corrected chi connectivity index (χ2v) is 6.87. The van der Waals surface area contributed by atoms with Crippen molar-refractivity contribution in [1.29, 1.82) is 0 Å². The lowest BCUT2D eigenvalue weighted by atomic mass is 10.0. The molecule has 0 aromatic heterocycles. The van der Waals surface area contributed by atoms with Crippen LogP contribution in [0.1, 0.15) is 58.8 Å². The Hall–Kier alpha value is -0.0800. The number of nitrogens with zero attached hydrogens (tertiary/aromatic N) is 1. The van der Waals surface area contributed by atoms with Crippen molar-refractivity contribution in [3.63, 3.8) is 0 Å². The Labute approximate surface area is 114 Å². The van der Waals surface area contributed by atoms with Crippen LogP contribution in [-0.2, 0) is 0 Å². The van der Waals surface area contributed by atoms with E-state index in [2.05, 4.69) is 31.1 Å². The molecule has 106 valence electrons. The van der Waals surface area contributed by atoms with Gasteiger partial charge in [0.05, 0.1) is 0 Å². The van der Waals surface area contributed by atoms with E-state index in [0.29, 0.717) is 0 Å². The lowest BCUT2D eigenvalue weighted by Gasteiger charge is -2.34. The van der Waals surface area contributed by atoms with Gasteiger partial charge in [-0.15, -0.1) is 0 Å². The third-order valence-electron chi connectivity index (χ3n) is 4.94. The Balaban J connectivity index is 1.91. The fraction of sp³-hybridized carbons (Fsp3) is 1.00. The Kier molecular flexibility index (Phi) is 5.50. The first-order valence-electron chi connectivity index (χ1n) is 8.12. The molecule has 0 aliphatic heterocycles. The summed E-state index contributed by atoms with van der Waals surface area (Å²) in [6, 6.07) is 1.67. The van der Waals surface area contributed by atoms with Crippen LogP contribution in [0, 0.1) is 11.8 Å². The van der Waals surface area contributed by atoms with E-state index in [4.69, 9.17) is 0 Å². The minimum atomic E-state index is 0.779. The van der Waals surface area contributed by atoms with Crippen molar-refractivity contribution in [2.75, 3.05) is 20.1 Å². The molecular weight excluding hydrogens is 220 g/mol. The second kappa shape index (κ2) is 6.91. The Morgan fingerprint density at radius 3 is 2.39 bits per heavy atom. The summed E-state index contributed by atoms with van der Waals surface area (Å²) in [4.78, 5) is 2.83. The summed E-state index contributed by atoms with van der Waals surface area (Å²) >= 11 is 0. The van der Waals surface area contributed by atoms with Crippen molar-refractivity contribution in [2.24, 2.45) is 11.8 Å². The van der Waals surface area contributed by atoms with Crippen molar-refractivity contribution in [1.82, 2.24) is 10.2 Å². The monoisotopic (exact) mass is 252 g/mol. The highest BCUT2D eigenvalue weighted by atomic mass is 15.2. The summed E-state index contributed by atoms with van der Waals surface area (Å²) in [7, 11) is 2.14. The summed E-state index contributed by atoms with van der Waals surface area (Å²) in [5, 5.41) is 3.54. The lowest BCUT2D eigenvalue weighted by Crippen LogP contribution is -2.43. The SMILES string of the molecule is CNC1CCCC1CN(CC(C)C)C1CCCC1.